The van der Waals surface area contributed by atoms with E-state index in [0.717, 1.165) is 25.2 Å². The second-order valence-electron chi connectivity index (χ2n) is 2.63. The molecule has 0 amide bonds. The van der Waals surface area contributed by atoms with Crippen LogP contribution in [0, 0.1) is 0 Å². The van der Waals surface area contributed by atoms with E-state index in [9.17, 15) is 0 Å². The predicted molar refractivity (Wildman–Crippen MR) is 43.1 cm³/mol. The van der Waals surface area contributed by atoms with E-state index in [1.165, 1.54) is 0 Å². The third-order valence-corrected chi connectivity index (χ3v) is 1.73. The molecule has 1 aliphatic rings. The van der Waals surface area contributed by atoms with Crippen molar-refractivity contribution in [1.82, 2.24) is 0 Å². The highest BCUT2D eigenvalue weighted by atomic mass is 16.5. The third-order valence-electron chi connectivity index (χ3n) is 1.73. The van der Waals surface area contributed by atoms with Gasteiger partial charge >= 0.3 is 0 Å². The Labute approximate surface area is 67.2 Å². The minimum absolute atomic E-state index is 0.0254. The summed E-state index contributed by atoms with van der Waals surface area (Å²) in [6.07, 6.45) is 3.89. The lowest BCUT2D eigenvalue weighted by atomic mass is 10.2. The molecule has 1 rings (SSSR count). The number of hydrogen-bond donors (Lipinski definition) is 1. The molecule has 0 saturated carbocycles. The Balaban J connectivity index is 2.23. The maximum Gasteiger partial charge on any atom is 0.109 e. The molecule has 2 N–H and O–H groups in total. The second-order valence-corrected chi connectivity index (χ2v) is 2.63. The van der Waals surface area contributed by atoms with Gasteiger partial charge in [-0.15, -0.1) is 0 Å². The van der Waals surface area contributed by atoms with Crippen LogP contribution < -0.4 is 5.73 Å². The van der Waals surface area contributed by atoms with E-state index in [0.29, 0.717) is 6.61 Å². The predicted octanol–water partition coefficient (Wildman–Crippen LogP) is 0.654. The molecule has 0 aromatic carbocycles. The summed E-state index contributed by atoms with van der Waals surface area (Å²) in [4.78, 5) is 0. The van der Waals surface area contributed by atoms with Crippen molar-refractivity contribution < 1.29 is 9.47 Å². The zero-order valence-electron chi connectivity index (χ0n) is 6.88. The third kappa shape index (κ3) is 2.52. The number of methoxy groups -OCH3 is 1. The highest BCUT2D eigenvalue weighted by molar-refractivity contribution is 5.05. The molecule has 64 valence electrons. The summed E-state index contributed by atoms with van der Waals surface area (Å²) >= 11 is 0. The van der Waals surface area contributed by atoms with Gasteiger partial charge in [-0.3, -0.25) is 0 Å². The summed E-state index contributed by atoms with van der Waals surface area (Å²) in [5, 5.41) is 0. The Hall–Kier alpha value is -0.540. The number of ether oxygens (including phenoxy) is 2. The summed E-state index contributed by atoms with van der Waals surface area (Å²) in [6, 6.07) is 0.0254. The number of rotatable bonds is 4. The van der Waals surface area contributed by atoms with Crippen LogP contribution in [0.2, 0.25) is 0 Å². The molecular weight excluding hydrogens is 142 g/mol. The molecule has 1 aliphatic heterocycles. The first kappa shape index (κ1) is 8.56. The van der Waals surface area contributed by atoms with Crippen molar-refractivity contribution in [3.63, 3.8) is 0 Å². The summed E-state index contributed by atoms with van der Waals surface area (Å²) in [5.74, 6) is 0.932. The van der Waals surface area contributed by atoms with E-state index < -0.39 is 0 Å². The summed E-state index contributed by atoms with van der Waals surface area (Å²) < 4.78 is 10.2. The van der Waals surface area contributed by atoms with E-state index >= 15 is 0 Å². The van der Waals surface area contributed by atoms with Gasteiger partial charge in [0.05, 0.1) is 12.6 Å². The molecule has 0 saturated heterocycles. The molecule has 0 radical (unpaired) electrons. The first-order valence-electron chi connectivity index (χ1n) is 3.92. The van der Waals surface area contributed by atoms with Gasteiger partial charge < -0.3 is 15.2 Å². The molecule has 11 heavy (non-hydrogen) atoms. The van der Waals surface area contributed by atoms with Crippen molar-refractivity contribution in [2.45, 2.75) is 18.9 Å². The fraction of sp³-hybridized carbons (Fsp3) is 0.750. The topological polar surface area (TPSA) is 44.5 Å². The van der Waals surface area contributed by atoms with Crippen LogP contribution in [0.5, 0.6) is 0 Å². The van der Waals surface area contributed by atoms with Crippen LogP contribution in [0.4, 0.5) is 0 Å². The van der Waals surface area contributed by atoms with Gasteiger partial charge in [0.25, 0.3) is 0 Å². The highest BCUT2D eigenvalue weighted by Gasteiger charge is 2.13. The molecule has 0 fully saturated rings. The Morgan fingerprint density at radius 3 is 3.18 bits per heavy atom. The van der Waals surface area contributed by atoms with Gasteiger partial charge in [-0.25, -0.2) is 0 Å². The van der Waals surface area contributed by atoms with E-state index in [1.54, 1.807) is 7.11 Å². The lowest BCUT2D eigenvalue weighted by Crippen LogP contribution is -2.24. The van der Waals surface area contributed by atoms with Gasteiger partial charge in [0, 0.05) is 20.1 Å². The summed E-state index contributed by atoms with van der Waals surface area (Å²) in [5.41, 5.74) is 5.79. The molecule has 0 aromatic rings. The van der Waals surface area contributed by atoms with Crippen LogP contribution in [0.25, 0.3) is 0 Å². The average molecular weight is 157 g/mol. The van der Waals surface area contributed by atoms with Crippen LogP contribution in [-0.4, -0.2) is 26.4 Å². The molecule has 3 heteroatoms. The minimum Gasteiger partial charge on any atom is -0.496 e. The van der Waals surface area contributed by atoms with Gasteiger partial charge in [-0.05, 0) is 12.5 Å². The van der Waals surface area contributed by atoms with Crippen molar-refractivity contribution in [3.05, 3.63) is 11.8 Å². The maximum atomic E-state index is 5.79. The van der Waals surface area contributed by atoms with Gasteiger partial charge in [0.15, 0.2) is 0 Å². The van der Waals surface area contributed by atoms with Crippen LogP contribution >= 0.6 is 0 Å². The van der Waals surface area contributed by atoms with Crippen LogP contribution in [0.15, 0.2) is 11.8 Å². The van der Waals surface area contributed by atoms with Crippen molar-refractivity contribution in [1.29, 1.82) is 0 Å². The average Bonchev–Trinajstić information content (AvgIpc) is 2.52. The molecule has 1 unspecified atom stereocenters. The Bertz CT molecular complexity index is 145. The SMILES string of the molecule is COCCC(N)C1=CCCO1. The van der Waals surface area contributed by atoms with E-state index in [-0.39, 0.29) is 6.04 Å². The molecule has 0 aromatic heterocycles. The van der Waals surface area contributed by atoms with Crippen molar-refractivity contribution in [3.8, 4) is 0 Å². The lowest BCUT2D eigenvalue weighted by molar-refractivity contribution is 0.172. The van der Waals surface area contributed by atoms with Crippen LogP contribution in [-0.2, 0) is 9.47 Å². The number of nitrogens with two attached hydrogens (primary N) is 1. The Morgan fingerprint density at radius 2 is 2.64 bits per heavy atom. The first-order valence-corrected chi connectivity index (χ1v) is 3.92. The fourth-order valence-electron chi connectivity index (χ4n) is 1.08. The normalized spacial score (nSPS) is 19.3. The van der Waals surface area contributed by atoms with Gasteiger partial charge in [0.2, 0.25) is 0 Å². The highest BCUT2D eigenvalue weighted by Crippen LogP contribution is 2.13. The molecule has 0 bridgehead atoms. The quantitative estimate of drug-likeness (QED) is 0.651. The molecule has 1 heterocycles. The van der Waals surface area contributed by atoms with Crippen molar-refractivity contribution in [2.24, 2.45) is 5.73 Å². The molecular formula is C8H15NO2. The van der Waals surface area contributed by atoms with Gasteiger partial charge in [-0.2, -0.15) is 0 Å². The van der Waals surface area contributed by atoms with Crippen molar-refractivity contribution in [2.75, 3.05) is 20.3 Å². The minimum atomic E-state index is 0.0254. The zero-order valence-corrected chi connectivity index (χ0v) is 6.88. The molecule has 1 atom stereocenters. The first-order chi connectivity index (χ1) is 5.34. The maximum absolute atomic E-state index is 5.79. The fourth-order valence-corrected chi connectivity index (χ4v) is 1.08. The molecule has 3 nitrogen and oxygen atoms in total. The standard InChI is InChI=1S/C8H15NO2/c1-10-6-4-7(9)8-3-2-5-11-8/h3,7H,2,4-6,9H2,1H3. The van der Waals surface area contributed by atoms with Crippen molar-refractivity contribution >= 4 is 0 Å². The zero-order chi connectivity index (χ0) is 8.10. The van der Waals surface area contributed by atoms with E-state index in [1.807, 2.05) is 0 Å². The van der Waals surface area contributed by atoms with Crippen LogP contribution in [0.1, 0.15) is 12.8 Å². The van der Waals surface area contributed by atoms with Crippen LogP contribution in [0.3, 0.4) is 0 Å². The summed E-state index contributed by atoms with van der Waals surface area (Å²) in [7, 11) is 1.68. The molecule has 0 spiro atoms. The van der Waals surface area contributed by atoms with E-state index in [2.05, 4.69) is 6.08 Å². The second kappa shape index (κ2) is 4.36. The van der Waals surface area contributed by atoms with Gasteiger partial charge in [-0.1, -0.05) is 0 Å². The Morgan fingerprint density at radius 1 is 1.82 bits per heavy atom. The smallest absolute Gasteiger partial charge is 0.109 e. The summed E-state index contributed by atoms with van der Waals surface area (Å²) in [6.45, 7) is 1.48. The van der Waals surface area contributed by atoms with E-state index in [4.69, 9.17) is 15.2 Å². The monoisotopic (exact) mass is 157 g/mol. The molecule has 0 aliphatic carbocycles. The number of hydrogen-bond acceptors (Lipinski definition) is 3. The lowest BCUT2D eigenvalue weighted by Gasteiger charge is -2.11. The largest absolute Gasteiger partial charge is 0.496 e. The Kier molecular flexibility index (Phi) is 3.39. The van der Waals surface area contributed by atoms with Gasteiger partial charge in [0.1, 0.15) is 5.76 Å².